The molecule has 1 N–H and O–H groups in total. The number of rotatable bonds is 5. The Balaban J connectivity index is 1.94. The van der Waals surface area contributed by atoms with Crippen LogP contribution in [0.2, 0.25) is 0 Å². The smallest absolute Gasteiger partial charge is 0.328 e. The van der Waals surface area contributed by atoms with Crippen molar-refractivity contribution in [3.8, 4) is 0 Å². The molecule has 4 nitrogen and oxygen atoms in total. The van der Waals surface area contributed by atoms with Crippen LogP contribution in [0, 0.1) is 5.92 Å². The van der Waals surface area contributed by atoms with E-state index >= 15 is 0 Å². The molecule has 0 bridgehead atoms. The average molecular weight is 288 g/mol. The summed E-state index contributed by atoms with van der Waals surface area (Å²) in [7, 11) is 4.29. The Hall–Kier alpha value is -1.65. The fourth-order valence-corrected chi connectivity index (χ4v) is 3.01. The topological polar surface area (TPSA) is 43.8 Å². The van der Waals surface area contributed by atoms with E-state index in [4.69, 9.17) is 5.11 Å². The number of nitrogens with zero attached hydrogens (tertiary/aromatic N) is 2. The summed E-state index contributed by atoms with van der Waals surface area (Å²) in [5.41, 5.74) is 2.19. The fraction of sp³-hybridized carbons (Fsp3) is 0.471. The van der Waals surface area contributed by atoms with Gasteiger partial charge in [-0.3, -0.25) is 4.90 Å². The monoisotopic (exact) mass is 288 g/mol. The highest BCUT2D eigenvalue weighted by Crippen LogP contribution is 2.22. The van der Waals surface area contributed by atoms with Gasteiger partial charge in [-0.1, -0.05) is 31.2 Å². The van der Waals surface area contributed by atoms with Gasteiger partial charge in [0.25, 0.3) is 0 Å². The van der Waals surface area contributed by atoms with Crippen molar-refractivity contribution in [2.24, 2.45) is 5.92 Å². The molecular formula is C17H24N2O2. The minimum atomic E-state index is -0.917. The summed E-state index contributed by atoms with van der Waals surface area (Å²) in [5, 5.41) is 8.62. The lowest BCUT2D eigenvalue weighted by molar-refractivity contribution is -0.131. The lowest BCUT2D eigenvalue weighted by atomic mass is 10.1. The molecule has 2 rings (SSSR count). The lowest BCUT2D eigenvalue weighted by Crippen LogP contribution is -2.34. The van der Waals surface area contributed by atoms with Gasteiger partial charge >= 0.3 is 5.97 Å². The van der Waals surface area contributed by atoms with E-state index in [2.05, 4.69) is 43.0 Å². The molecule has 2 unspecified atom stereocenters. The summed E-state index contributed by atoms with van der Waals surface area (Å²) in [6, 6.07) is 8.72. The van der Waals surface area contributed by atoms with Crippen molar-refractivity contribution in [2.75, 3.05) is 27.2 Å². The zero-order valence-corrected chi connectivity index (χ0v) is 13.0. The van der Waals surface area contributed by atoms with Gasteiger partial charge in [0.15, 0.2) is 0 Å². The molecule has 114 valence electrons. The zero-order chi connectivity index (χ0) is 15.4. The minimum absolute atomic E-state index is 0.628. The van der Waals surface area contributed by atoms with Gasteiger partial charge in [-0.15, -0.1) is 0 Å². The maximum atomic E-state index is 10.5. The van der Waals surface area contributed by atoms with E-state index in [-0.39, 0.29) is 0 Å². The Bertz CT molecular complexity index is 508. The first-order valence-corrected chi connectivity index (χ1v) is 7.34. The number of hydrogen-bond acceptors (Lipinski definition) is 3. The summed E-state index contributed by atoms with van der Waals surface area (Å²) in [6.45, 7) is 5.50. The van der Waals surface area contributed by atoms with Crippen LogP contribution in [-0.2, 0) is 11.3 Å². The predicted octanol–water partition coefficient (Wildman–Crippen LogP) is 2.17. The van der Waals surface area contributed by atoms with Crippen molar-refractivity contribution in [1.82, 2.24) is 9.80 Å². The highest BCUT2D eigenvalue weighted by atomic mass is 16.4. The number of carbonyl (C=O) groups is 1. The first kappa shape index (κ1) is 15.7. The second kappa shape index (κ2) is 6.87. The van der Waals surface area contributed by atoms with E-state index < -0.39 is 5.97 Å². The molecule has 4 heteroatoms. The Labute approximate surface area is 126 Å². The Morgan fingerprint density at radius 3 is 2.52 bits per heavy atom. The molecule has 1 aliphatic rings. The SMILES string of the molecule is CC1CN(Cc2ccc(/C=C/C(=O)O)cc2)CC1N(C)C. The van der Waals surface area contributed by atoms with Crippen LogP contribution in [0.15, 0.2) is 30.3 Å². The third-order valence-corrected chi connectivity index (χ3v) is 4.12. The fourth-order valence-electron chi connectivity index (χ4n) is 3.01. The molecule has 21 heavy (non-hydrogen) atoms. The molecule has 0 saturated carbocycles. The number of carboxylic acids is 1. The van der Waals surface area contributed by atoms with Crippen LogP contribution in [0.1, 0.15) is 18.1 Å². The van der Waals surface area contributed by atoms with Crippen molar-refractivity contribution in [3.63, 3.8) is 0 Å². The van der Waals surface area contributed by atoms with E-state index in [0.29, 0.717) is 12.0 Å². The van der Waals surface area contributed by atoms with Crippen LogP contribution in [0.4, 0.5) is 0 Å². The van der Waals surface area contributed by atoms with Gasteiger partial charge in [-0.2, -0.15) is 0 Å². The molecule has 1 heterocycles. The second-order valence-corrected chi connectivity index (χ2v) is 6.12. The highest BCUT2D eigenvalue weighted by molar-refractivity contribution is 5.85. The van der Waals surface area contributed by atoms with Crippen molar-refractivity contribution in [1.29, 1.82) is 0 Å². The van der Waals surface area contributed by atoms with Crippen LogP contribution in [0.5, 0.6) is 0 Å². The molecule has 0 radical (unpaired) electrons. The number of likely N-dealkylation sites (N-methyl/N-ethyl adjacent to an activating group) is 1. The van der Waals surface area contributed by atoms with Gasteiger partial charge in [0, 0.05) is 31.8 Å². The average Bonchev–Trinajstić information content (AvgIpc) is 2.79. The molecule has 0 aromatic heterocycles. The molecule has 1 aromatic rings. The van der Waals surface area contributed by atoms with Gasteiger partial charge in [0.05, 0.1) is 0 Å². The molecule has 2 atom stereocenters. The largest absolute Gasteiger partial charge is 0.478 e. The highest BCUT2D eigenvalue weighted by Gasteiger charge is 2.30. The molecule has 1 saturated heterocycles. The summed E-state index contributed by atoms with van der Waals surface area (Å²) in [6.07, 6.45) is 2.78. The van der Waals surface area contributed by atoms with Gasteiger partial charge in [0.1, 0.15) is 0 Å². The molecule has 0 aliphatic carbocycles. The molecule has 0 spiro atoms. The van der Waals surface area contributed by atoms with Crippen molar-refractivity contribution in [2.45, 2.75) is 19.5 Å². The third kappa shape index (κ3) is 4.41. The molecule has 0 amide bonds. The Morgan fingerprint density at radius 2 is 2.00 bits per heavy atom. The predicted molar refractivity (Wildman–Crippen MR) is 85.0 cm³/mol. The first-order chi connectivity index (χ1) is 9.95. The standard InChI is InChI=1S/C17H24N2O2/c1-13-10-19(12-16(13)18(2)3)11-15-6-4-14(5-7-15)8-9-17(20)21/h4-9,13,16H,10-12H2,1-3H3,(H,20,21)/b9-8+. The van der Waals surface area contributed by atoms with E-state index in [0.717, 1.165) is 25.2 Å². The molecule has 1 aliphatic heterocycles. The number of benzene rings is 1. The Morgan fingerprint density at radius 1 is 1.33 bits per heavy atom. The van der Waals surface area contributed by atoms with Gasteiger partial charge < -0.3 is 10.0 Å². The van der Waals surface area contributed by atoms with Gasteiger partial charge in [0.2, 0.25) is 0 Å². The van der Waals surface area contributed by atoms with Crippen LogP contribution < -0.4 is 0 Å². The maximum absolute atomic E-state index is 10.5. The van der Waals surface area contributed by atoms with Gasteiger partial charge in [-0.25, -0.2) is 4.79 Å². The number of likely N-dealkylation sites (tertiary alicyclic amines) is 1. The van der Waals surface area contributed by atoms with E-state index in [1.807, 2.05) is 12.1 Å². The van der Waals surface area contributed by atoms with E-state index in [1.165, 1.54) is 11.6 Å². The third-order valence-electron chi connectivity index (χ3n) is 4.12. The van der Waals surface area contributed by atoms with Crippen LogP contribution in [-0.4, -0.2) is 54.1 Å². The minimum Gasteiger partial charge on any atom is -0.478 e. The molecular weight excluding hydrogens is 264 g/mol. The first-order valence-electron chi connectivity index (χ1n) is 7.34. The van der Waals surface area contributed by atoms with Gasteiger partial charge in [-0.05, 0) is 37.2 Å². The van der Waals surface area contributed by atoms with Crippen LogP contribution >= 0.6 is 0 Å². The quantitative estimate of drug-likeness (QED) is 0.843. The lowest BCUT2D eigenvalue weighted by Gasteiger charge is -2.22. The number of carboxylic acid groups (broad SMARTS) is 1. The second-order valence-electron chi connectivity index (χ2n) is 6.12. The summed E-state index contributed by atoms with van der Waals surface area (Å²) in [4.78, 5) is 15.3. The van der Waals surface area contributed by atoms with Crippen LogP contribution in [0.3, 0.4) is 0 Å². The molecule has 1 aromatic carbocycles. The maximum Gasteiger partial charge on any atom is 0.328 e. The van der Waals surface area contributed by atoms with Crippen LogP contribution in [0.25, 0.3) is 6.08 Å². The summed E-state index contributed by atoms with van der Waals surface area (Å²) in [5.74, 6) is -0.224. The summed E-state index contributed by atoms with van der Waals surface area (Å²) >= 11 is 0. The zero-order valence-electron chi connectivity index (χ0n) is 13.0. The van der Waals surface area contributed by atoms with E-state index in [1.54, 1.807) is 6.08 Å². The number of hydrogen-bond donors (Lipinski definition) is 1. The summed E-state index contributed by atoms with van der Waals surface area (Å²) < 4.78 is 0. The number of aliphatic carboxylic acids is 1. The van der Waals surface area contributed by atoms with Crippen molar-refractivity contribution < 1.29 is 9.90 Å². The van der Waals surface area contributed by atoms with Crippen molar-refractivity contribution in [3.05, 3.63) is 41.5 Å². The Kier molecular flexibility index (Phi) is 5.15. The normalized spacial score (nSPS) is 23.2. The van der Waals surface area contributed by atoms with Crippen molar-refractivity contribution >= 4 is 12.0 Å². The molecule has 1 fully saturated rings. The van der Waals surface area contributed by atoms with E-state index in [9.17, 15) is 4.79 Å².